The van der Waals surface area contributed by atoms with Gasteiger partial charge >= 0.3 is 0 Å². The fraction of sp³-hybridized carbons (Fsp3) is 0.182. The van der Waals surface area contributed by atoms with Gasteiger partial charge in [0, 0.05) is 6.54 Å². The molecule has 0 saturated carbocycles. The topological polar surface area (TPSA) is 34.1 Å². The number of ether oxygens (including phenoxy) is 1. The van der Waals surface area contributed by atoms with Crippen LogP contribution in [0.25, 0.3) is 0 Å². The van der Waals surface area contributed by atoms with Crippen LogP contribution in [0.4, 0.5) is 5.82 Å². The fourth-order valence-electron chi connectivity index (χ4n) is 1.19. The van der Waals surface area contributed by atoms with Gasteiger partial charge in [-0.3, -0.25) is 0 Å². The van der Waals surface area contributed by atoms with Crippen molar-refractivity contribution in [1.82, 2.24) is 4.98 Å². The van der Waals surface area contributed by atoms with Gasteiger partial charge < -0.3 is 10.1 Å². The molecule has 2 rings (SSSR count). The number of rotatable bonds is 4. The van der Waals surface area contributed by atoms with Gasteiger partial charge in [0.2, 0.25) is 0 Å². The Kier molecular flexibility index (Phi) is 3.19. The zero-order chi connectivity index (χ0) is 10.5. The van der Waals surface area contributed by atoms with Crippen molar-refractivity contribution in [2.75, 3.05) is 12.4 Å². The van der Waals surface area contributed by atoms with Crippen molar-refractivity contribution in [2.24, 2.45) is 0 Å². The Bertz CT molecular complexity index is 397. The smallest absolute Gasteiger partial charge is 0.137 e. The molecule has 0 saturated heterocycles. The van der Waals surface area contributed by atoms with E-state index in [0.29, 0.717) is 0 Å². The maximum Gasteiger partial charge on any atom is 0.137 e. The molecule has 4 heteroatoms. The minimum atomic E-state index is 0.774. The van der Waals surface area contributed by atoms with Gasteiger partial charge in [0.05, 0.1) is 13.3 Å². The van der Waals surface area contributed by atoms with Gasteiger partial charge in [0.25, 0.3) is 0 Å². The molecule has 0 unspecified atom stereocenters. The third kappa shape index (κ3) is 2.70. The van der Waals surface area contributed by atoms with E-state index in [1.807, 2.05) is 12.1 Å². The third-order valence-corrected chi connectivity index (χ3v) is 2.76. The molecule has 0 bridgehead atoms. The summed E-state index contributed by atoms with van der Waals surface area (Å²) in [5, 5.41) is 7.43. The molecular weight excluding hydrogens is 208 g/mol. The number of methoxy groups -OCH3 is 1. The lowest BCUT2D eigenvalue weighted by Crippen LogP contribution is -1.99. The van der Waals surface area contributed by atoms with Crippen LogP contribution < -0.4 is 10.1 Å². The van der Waals surface area contributed by atoms with Crippen molar-refractivity contribution in [3.63, 3.8) is 0 Å². The van der Waals surface area contributed by atoms with E-state index in [-0.39, 0.29) is 0 Å². The molecule has 1 N–H and O–H groups in total. The first kappa shape index (κ1) is 9.98. The van der Waals surface area contributed by atoms with Crippen molar-refractivity contribution < 1.29 is 4.74 Å². The molecule has 2 heterocycles. The largest absolute Gasteiger partial charge is 0.495 e. The Morgan fingerprint density at radius 2 is 2.33 bits per heavy atom. The molecule has 0 atom stereocenters. The van der Waals surface area contributed by atoms with Crippen LogP contribution in [-0.2, 0) is 6.54 Å². The lowest BCUT2D eigenvalue weighted by atomic mass is 10.3. The third-order valence-electron chi connectivity index (χ3n) is 2.03. The Morgan fingerprint density at radius 3 is 2.93 bits per heavy atom. The van der Waals surface area contributed by atoms with Gasteiger partial charge in [-0.25, -0.2) is 4.98 Å². The number of nitrogens with one attached hydrogen (secondary N) is 1. The van der Waals surface area contributed by atoms with Gasteiger partial charge in [0.1, 0.15) is 11.6 Å². The first-order valence-corrected chi connectivity index (χ1v) is 5.58. The molecule has 0 amide bonds. The second kappa shape index (κ2) is 4.79. The minimum Gasteiger partial charge on any atom is -0.495 e. The lowest BCUT2D eigenvalue weighted by molar-refractivity contribution is 0.413. The fourth-order valence-corrected chi connectivity index (χ4v) is 1.86. The van der Waals surface area contributed by atoms with Crippen molar-refractivity contribution >= 4 is 17.2 Å². The summed E-state index contributed by atoms with van der Waals surface area (Å²) in [6.45, 7) is 0.808. The van der Waals surface area contributed by atoms with Crippen LogP contribution >= 0.6 is 11.3 Å². The van der Waals surface area contributed by atoms with Crippen LogP contribution in [-0.4, -0.2) is 12.1 Å². The van der Waals surface area contributed by atoms with Crippen LogP contribution in [0.3, 0.4) is 0 Å². The van der Waals surface area contributed by atoms with Crippen LogP contribution in [0.2, 0.25) is 0 Å². The van der Waals surface area contributed by atoms with Crippen molar-refractivity contribution in [2.45, 2.75) is 6.54 Å². The summed E-state index contributed by atoms with van der Waals surface area (Å²) in [6, 6.07) is 5.90. The molecule has 0 aliphatic heterocycles. The van der Waals surface area contributed by atoms with Crippen molar-refractivity contribution in [1.29, 1.82) is 0 Å². The summed E-state index contributed by atoms with van der Waals surface area (Å²) in [5.74, 6) is 1.64. The number of anilines is 1. The van der Waals surface area contributed by atoms with Crippen LogP contribution in [0, 0.1) is 0 Å². The van der Waals surface area contributed by atoms with E-state index < -0.39 is 0 Å². The number of hydrogen-bond acceptors (Lipinski definition) is 4. The summed E-state index contributed by atoms with van der Waals surface area (Å²) in [4.78, 5) is 4.22. The molecule has 2 aromatic rings. The lowest BCUT2D eigenvalue weighted by Gasteiger charge is -2.04. The second-order valence-corrected chi connectivity index (χ2v) is 3.85. The van der Waals surface area contributed by atoms with E-state index in [1.54, 1.807) is 24.6 Å². The molecule has 15 heavy (non-hydrogen) atoms. The zero-order valence-electron chi connectivity index (χ0n) is 8.43. The van der Waals surface area contributed by atoms with E-state index >= 15 is 0 Å². The van der Waals surface area contributed by atoms with Gasteiger partial charge in [-0.2, -0.15) is 11.3 Å². The van der Waals surface area contributed by atoms with Crippen LogP contribution in [0.5, 0.6) is 5.75 Å². The van der Waals surface area contributed by atoms with E-state index in [4.69, 9.17) is 4.74 Å². The second-order valence-electron chi connectivity index (χ2n) is 3.07. The summed E-state index contributed by atoms with van der Waals surface area (Å²) >= 11 is 1.70. The number of pyridine rings is 1. The van der Waals surface area contributed by atoms with Crippen LogP contribution in [0.15, 0.2) is 35.2 Å². The van der Waals surface area contributed by atoms with Gasteiger partial charge in [-0.15, -0.1) is 0 Å². The number of hydrogen-bond donors (Lipinski definition) is 1. The highest BCUT2D eigenvalue weighted by atomic mass is 32.1. The van der Waals surface area contributed by atoms with Gasteiger partial charge in [-0.05, 0) is 34.5 Å². The maximum atomic E-state index is 5.03. The average molecular weight is 220 g/mol. The monoisotopic (exact) mass is 220 g/mol. The van der Waals surface area contributed by atoms with Crippen LogP contribution in [0.1, 0.15) is 5.56 Å². The molecule has 0 aliphatic carbocycles. The summed E-state index contributed by atoms with van der Waals surface area (Å²) in [7, 11) is 1.63. The molecule has 0 aromatic carbocycles. The number of thiophene rings is 1. The zero-order valence-corrected chi connectivity index (χ0v) is 9.25. The standard InChI is InChI=1S/C11H12N2OS/c1-14-10-2-3-11(13-7-10)12-6-9-4-5-15-8-9/h2-5,7-8H,6H2,1H3,(H,12,13). The summed E-state index contributed by atoms with van der Waals surface area (Å²) in [5.41, 5.74) is 1.28. The van der Waals surface area contributed by atoms with Crippen molar-refractivity contribution in [3.8, 4) is 5.75 Å². The predicted molar refractivity (Wildman–Crippen MR) is 62.4 cm³/mol. The number of nitrogens with zero attached hydrogens (tertiary/aromatic N) is 1. The molecular formula is C11H12N2OS. The van der Waals surface area contributed by atoms with E-state index in [1.165, 1.54) is 5.56 Å². The Balaban J connectivity index is 1.93. The normalized spacial score (nSPS) is 9.93. The van der Waals surface area contributed by atoms with E-state index in [0.717, 1.165) is 18.1 Å². The Labute approximate surface area is 92.7 Å². The molecule has 2 aromatic heterocycles. The highest BCUT2D eigenvalue weighted by Gasteiger charge is 1.96. The van der Waals surface area contributed by atoms with E-state index in [2.05, 4.69) is 27.1 Å². The summed E-state index contributed by atoms with van der Waals surface area (Å²) < 4.78 is 5.03. The molecule has 0 spiro atoms. The Hall–Kier alpha value is -1.55. The highest BCUT2D eigenvalue weighted by molar-refractivity contribution is 7.07. The Morgan fingerprint density at radius 1 is 1.40 bits per heavy atom. The number of aromatic nitrogens is 1. The van der Waals surface area contributed by atoms with Gasteiger partial charge in [0.15, 0.2) is 0 Å². The molecule has 3 nitrogen and oxygen atoms in total. The quantitative estimate of drug-likeness (QED) is 0.860. The molecule has 0 aliphatic rings. The van der Waals surface area contributed by atoms with E-state index in [9.17, 15) is 0 Å². The maximum absolute atomic E-state index is 5.03. The SMILES string of the molecule is COc1ccc(NCc2ccsc2)nc1. The highest BCUT2D eigenvalue weighted by Crippen LogP contribution is 2.13. The van der Waals surface area contributed by atoms with Crippen molar-refractivity contribution in [3.05, 3.63) is 40.7 Å². The predicted octanol–water partition coefficient (Wildman–Crippen LogP) is 2.76. The minimum absolute atomic E-state index is 0.774. The van der Waals surface area contributed by atoms with Gasteiger partial charge in [-0.1, -0.05) is 0 Å². The first-order chi connectivity index (χ1) is 7.38. The molecule has 0 fully saturated rings. The average Bonchev–Trinajstić information content (AvgIpc) is 2.80. The first-order valence-electron chi connectivity index (χ1n) is 4.63. The summed E-state index contributed by atoms with van der Waals surface area (Å²) in [6.07, 6.45) is 1.70. The molecule has 78 valence electrons. The molecule has 0 radical (unpaired) electrons.